The Morgan fingerprint density at radius 3 is 2.77 bits per heavy atom. The molecule has 1 amide bonds. The fourth-order valence-electron chi connectivity index (χ4n) is 2.70. The number of rotatable bonds is 8. The highest BCUT2D eigenvalue weighted by molar-refractivity contribution is 9.10. The summed E-state index contributed by atoms with van der Waals surface area (Å²) in [4.78, 5) is 23.1. The van der Waals surface area contributed by atoms with E-state index in [0.29, 0.717) is 27.8 Å². The second-order valence-electron chi connectivity index (χ2n) is 6.16. The van der Waals surface area contributed by atoms with Crippen LogP contribution in [0.3, 0.4) is 0 Å². The van der Waals surface area contributed by atoms with E-state index in [1.807, 2.05) is 12.1 Å². The van der Waals surface area contributed by atoms with Crippen molar-refractivity contribution in [2.24, 2.45) is 5.10 Å². The third-order valence-electron chi connectivity index (χ3n) is 3.93. The number of amides is 1. The van der Waals surface area contributed by atoms with E-state index < -0.39 is 18.5 Å². The van der Waals surface area contributed by atoms with Gasteiger partial charge in [0.15, 0.2) is 12.4 Å². The van der Waals surface area contributed by atoms with Gasteiger partial charge in [0.25, 0.3) is 0 Å². The van der Waals surface area contributed by atoms with E-state index in [1.165, 1.54) is 6.21 Å². The summed E-state index contributed by atoms with van der Waals surface area (Å²) in [5.41, 5.74) is 4.44. The van der Waals surface area contributed by atoms with E-state index >= 15 is 0 Å². The maximum absolute atomic E-state index is 12.3. The molecule has 0 aliphatic rings. The molecule has 9 heteroatoms. The van der Waals surface area contributed by atoms with Gasteiger partial charge in [-0.1, -0.05) is 22.0 Å². The number of nitrogens with zero attached hydrogens (tertiary/aromatic N) is 1. The van der Waals surface area contributed by atoms with Gasteiger partial charge >= 0.3 is 11.9 Å². The first-order chi connectivity index (χ1) is 14.4. The summed E-state index contributed by atoms with van der Waals surface area (Å²) in [7, 11) is 0. The summed E-state index contributed by atoms with van der Waals surface area (Å²) in [6, 6.07) is 10.6. The Morgan fingerprint density at radius 2 is 2.03 bits per heavy atom. The van der Waals surface area contributed by atoms with Gasteiger partial charge in [-0.05, 0) is 69.9 Å². The molecular formula is C21H16Br2N2O5. The van der Waals surface area contributed by atoms with Gasteiger partial charge < -0.3 is 14.3 Å². The summed E-state index contributed by atoms with van der Waals surface area (Å²) >= 11 is 6.76. The number of nitrogens with one attached hydrogen (secondary N) is 1. The molecule has 0 bridgehead atoms. The molecular weight excluding hydrogens is 520 g/mol. The lowest BCUT2D eigenvalue weighted by atomic mass is 10.1. The number of hydrogen-bond donors (Lipinski definition) is 2. The van der Waals surface area contributed by atoms with Crippen molar-refractivity contribution in [1.82, 2.24) is 5.43 Å². The van der Waals surface area contributed by atoms with E-state index in [0.717, 1.165) is 15.4 Å². The van der Waals surface area contributed by atoms with Crippen LogP contribution < -0.4 is 10.2 Å². The molecule has 0 aliphatic heterocycles. The van der Waals surface area contributed by atoms with Gasteiger partial charge in [0, 0.05) is 9.86 Å². The Morgan fingerprint density at radius 1 is 1.23 bits per heavy atom. The number of halogens is 2. The van der Waals surface area contributed by atoms with Gasteiger partial charge in [0.2, 0.25) is 0 Å². The molecule has 0 spiro atoms. The first kappa shape index (κ1) is 21.8. The number of carboxylic acids is 1. The summed E-state index contributed by atoms with van der Waals surface area (Å²) in [6.45, 7) is 3.24. The lowest BCUT2D eigenvalue weighted by molar-refractivity contribution is -0.139. The molecule has 1 aromatic heterocycles. The van der Waals surface area contributed by atoms with Crippen LogP contribution >= 0.6 is 31.9 Å². The van der Waals surface area contributed by atoms with Crippen LogP contribution in [0.15, 0.2) is 67.5 Å². The summed E-state index contributed by atoms with van der Waals surface area (Å²) in [6.07, 6.45) is 3.61. The number of ether oxygens (including phenoxy) is 1. The lowest BCUT2D eigenvalue weighted by Gasteiger charge is -2.12. The second-order valence-corrected chi connectivity index (χ2v) is 7.93. The number of carbonyl (C=O) groups is 2. The SMILES string of the molecule is C=CCc1cc(/C=N/NC(=O)c2cc3cc(Br)ccc3o2)cc(Br)c1OCC(=O)O. The molecule has 0 unspecified atom stereocenters. The van der Waals surface area contributed by atoms with Crippen molar-refractivity contribution < 1.29 is 23.8 Å². The highest BCUT2D eigenvalue weighted by Crippen LogP contribution is 2.31. The minimum absolute atomic E-state index is 0.145. The Kier molecular flexibility index (Phi) is 7.07. The first-order valence-corrected chi connectivity index (χ1v) is 10.3. The summed E-state index contributed by atoms with van der Waals surface area (Å²) in [5, 5.41) is 13.6. The molecule has 0 radical (unpaired) electrons. The zero-order valence-electron chi connectivity index (χ0n) is 15.5. The number of furan rings is 1. The second kappa shape index (κ2) is 9.73. The minimum atomic E-state index is -1.07. The van der Waals surface area contributed by atoms with Gasteiger partial charge in [-0.15, -0.1) is 6.58 Å². The van der Waals surface area contributed by atoms with Crippen molar-refractivity contribution in [2.75, 3.05) is 6.61 Å². The average molecular weight is 536 g/mol. The number of hydrogen-bond acceptors (Lipinski definition) is 5. The molecule has 0 atom stereocenters. The van der Waals surface area contributed by atoms with Crippen molar-refractivity contribution in [2.45, 2.75) is 6.42 Å². The Hall–Kier alpha value is -2.91. The smallest absolute Gasteiger partial charge is 0.341 e. The van der Waals surface area contributed by atoms with Crippen LogP contribution in [-0.2, 0) is 11.2 Å². The van der Waals surface area contributed by atoms with Crippen molar-refractivity contribution in [3.8, 4) is 5.75 Å². The molecule has 3 aromatic rings. The van der Waals surface area contributed by atoms with Crippen LogP contribution in [0.4, 0.5) is 0 Å². The summed E-state index contributed by atoms with van der Waals surface area (Å²) < 4.78 is 12.3. The number of carboxylic acid groups (broad SMARTS) is 1. The van der Waals surface area contributed by atoms with E-state index in [9.17, 15) is 9.59 Å². The quantitative estimate of drug-likeness (QED) is 0.242. The molecule has 0 fully saturated rings. The molecule has 30 heavy (non-hydrogen) atoms. The fourth-order valence-corrected chi connectivity index (χ4v) is 3.71. The van der Waals surface area contributed by atoms with Crippen LogP contribution in [0.5, 0.6) is 5.75 Å². The Balaban J connectivity index is 1.74. The zero-order chi connectivity index (χ0) is 21.7. The number of allylic oxidation sites excluding steroid dienone is 1. The van der Waals surface area contributed by atoms with Crippen molar-refractivity contribution in [1.29, 1.82) is 0 Å². The van der Waals surface area contributed by atoms with Crippen LogP contribution in [0.2, 0.25) is 0 Å². The maximum Gasteiger partial charge on any atom is 0.341 e. The fraction of sp³-hybridized carbons (Fsp3) is 0.0952. The molecule has 1 heterocycles. The van der Waals surface area contributed by atoms with Gasteiger partial charge in [0.05, 0.1) is 10.7 Å². The van der Waals surface area contributed by atoms with Gasteiger partial charge in [0.1, 0.15) is 11.3 Å². The Bertz CT molecular complexity index is 1150. The van der Waals surface area contributed by atoms with Crippen LogP contribution in [-0.4, -0.2) is 29.8 Å². The number of hydrazone groups is 1. The molecule has 2 aromatic carbocycles. The molecule has 3 rings (SSSR count). The van der Waals surface area contributed by atoms with E-state index in [1.54, 1.807) is 30.3 Å². The van der Waals surface area contributed by atoms with Gasteiger partial charge in [-0.3, -0.25) is 4.79 Å². The average Bonchev–Trinajstić information content (AvgIpc) is 3.10. The van der Waals surface area contributed by atoms with Gasteiger partial charge in [-0.2, -0.15) is 5.10 Å². The highest BCUT2D eigenvalue weighted by Gasteiger charge is 2.13. The third-order valence-corrected chi connectivity index (χ3v) is 5.01. The molecule has 7 nitrogen and oxygen atoms in total. The normalized spacial score (nSPS) is 11.0. The predicted octanol–water partition coefficient (Wildman–Crippen LogP) is 4.91. The lowest BCUT2D eigenvalue weighted by Crippen LogP contribution is -2.16. The zero-order valence-corrected chi connectivity index (χ0v) is 18.7. The number of fused-ring (bicyclic) bond motifs is 1. The molecule has 0 aliphatic carbocycles. The third kappa shape index (κ3) is 5.37. The maximum atomic E-state index is 12.3. The minimum Gasteiger partial charge on any atom is -0.480 e. The van der Waals surface area contributed by atoms with E-state index in [2.05, 4.69) is 49.0 Å². The first-order valence-electron chi connectivity index (χ1n) is 8.68. The topological polar surface area (TPSA) is 101 Å². The number of benzene rings is 2. The number of aliphatic carboxylic acids is 1. The van der Waals surface area contributed by atoms with Crippen molar-refractivity contribution in [3.05, 3.63) is 74.9 Å². The summed E-state index contributed by atoms with van der Waals surface area (Å²) in [5.74, 6) is -0.985. The molecule has 0 saturated carbocycles. The van der Waals surface area contributed by atoms with E-state index in [-0.39, 0.29) is 5.76 Å². The monoisotopic (exact) mass is 534 g/mol. The Labute approximate surface area is 188 Å². The van der Waals surface area contributed by atoms with Crippen molar-refractivity contribution >= 4 is 60.9 Å². The molecule has 154 valence electrons. The van der Waals surface area contributed by atoms with Gasteiger partial charge in [-0.25, -0.2) is 10.2 Å². The largest absolute Gasteiger partial charge is 0.480 e. The van der Waals surface area contributed by atoms with Crippen LogP contribution in [0, 0.1) is 0 Å². The van der Waals surface area contributed by atoms with Crippen LogP contribution in [0.1, 0.15) is 21.7 Å². The highest BCUT2D eigenvalue weighted by atomic mass is 79.9. The number of carbonyl (C=O) groups excluding carboxylic acids is 1. The van der Waals surface area contributed by atoms with Crippen LogP contribution in [0.25, 0.3) is 11.0 Å². The molecule has 2 N–H and O–H groups in total. The van der Waals surface area contributed by atoms with Crippen molar-refractivity contribution in [3.63, 3.8) is 0 Å². The molecule has 0 saturated heterocycles. The standard InChI is InChI=1S/C21H16Br2N2O5/c1-2-3-13-6-12(7-16(23)20(13)29-11-19(26)27)10-24-25-21(28)18-9-14-8-15(22)4-5-17(14)30-18/h2,4-10H,1,3,11H2,(H,25,28)(H,26,27)/b24-10+. The predicted molar refractivity (Wildman–Crippen MR) is 120 cm³/mol. The van der Waals surface area contributed by atoms with E-state index in [4.69, 9.17) is 14.3 Å².